The average Bonchev–Trinajstić information content (AvgIpc) is 3.02. The van der Waals surface area contributed by atoms with E-state index in [9.17, 15) is 8.42 Å². The van der Waals surface area contributed by atoms with Crippen molar-refractivity contribution in [1.82, 2.24) is 14.6 Å². The van der Waals surface area contributed by atoms with Gasteiger partial charge in [0.05, 0.1) is 5.25 Å². The van der Waals surface area contributed by atoms with Gasteiger partial charge in [0.15, 0.2) is 0 Å². The Balaban J connectivity index is 1.63. The first kappa shape index (κ1) is 17.5. The van der Waals surface area contributed by atoms with Crippen LogP contribution in [0, 0.1) is 5.92 Å². The van der Waals surface area contributed by atoms with E-state index < -0.39 is 10.0 Å². The van der Waals surface area contributed by atoms with E-state index in [1.165, 1.54) is 10.9 Å². The number of aromatic nitrogens is 1. The van der Waals surface area contributed by atoms with Crippen LogP contribution in [0.25, 0.3) is 10.9 Å². The largest absolute Gasteiger partial charge is 0.361 e. The molecule has 0 spiro atoms. The first-order chi connectivity index (χ1) is 11.4. The van der Waals surface area contributed by atoms with Crippen molar-refractivity contribution >= 4 is 20.9 Å². The molecule has 1 saturated heterocycles. The zero-order valence-corrected chi connectivity index (χ0v) is 15.4. The maximum atomic E-state index is 12.3. The van der Waals surface area contributed by atoms with Crippen LogP contribution in [0.4, 0.5) is 0 Å². The third-order valence-corrected chi connectivity index (χ3v) is 7.31. The van der Waals surface area contributed by atoms with Gasteiger partial charge >= 0.3 is 0 Å². The van der Waals surface area contributed by atoms with E-state index in [0.29, 0.717) is 25.0 Å². The van der Waals surface area contributed by atoms with Gasteiger partial charge in [-0.05, 0) is 43.9 Å². The lowest BCUT2D eigenvalue weighted by atomic mass is 9.95. The van der Waals surface area contributed by atoms with Gasteiger partial charge < -0.3 is 10.3 Å². The van der Waals surface area contributed by atoms with Gasteiger partial charge in [0.25, 0.3) is 0 Å². The Hall–Kier alpha value is -1.37. The van der Waals surface area contributed by atoms with E-state index in [2.05, 4.69) is 41.5 Å². The smallest absolute Gasteiger partial charge is 0.216 e. The first-order valence-electron chi connectivity index (χ1n) is 8.67. The second-order valence-corrected chi connectivity index (χ2v) is 9.55. The van der Waals surface area contributed by atoms with Crippen LogP contribution in [0.3, 0.4) is 0 Å². The summed E-state index contributed by atoms with van der Waals surface area (Å²) < 4.78 is 26.3. The Morgan fingerprint density at radius 2 is 2.12 bits per heavy atom. The predicted octanol–water partition coefficient (Wildman–Crippen LogP) is 2.71. The Kier molecular flexibility index (Phi) is 4.99. The maximum Gasteiger partial charge on any atom is 0.216 e. The molecular formula is C18H27N3O2S. The highest BCUT2D eigenvalue weighted by molar-refractivity contribution is 7.89. The van der Waals surface area contributed by atoms with Crippen molar-refractivity contribution in [3.8, 4) is 0 Å². The second kappa shape index (κ2) is 6.86. The number of nitrogens with one attached hydrogen (secondary N) is 2. The number of piperidine rings is 1. The van der Waals surface area contributed by atoms with Gasteiger partial charge in [-0.1, -0.05) is 19.1 Å². The van der Waals surface area contributed by atoms with Gasteiger partial charge in [-0.15, -0.1) is 0 Å². The summed E-state index contributed by atoms with van der Waals surface area (Å²) in [6.45, 7) is 7.66. The molecular weight excluding hydrogens is 322 g/mol. The number of benzene rings is 1. The summed E-state index contributed by atoms with van der Waals surface area (Å²) >= 11 is 0. The lowest BCUT2D eigenvalue weighted by Crippen LogP contribution is -2.51. The summed E-state index contributed by atoms with van der Waals surface area (Å²) in [4.78, 5) is 3.24. The summed E-state index contributed by atoms with van der Waals surface area (Å²) in [5.74, 6) is 0.303. The van der Waals surface area contributed by atoms with E-state index in [-0.39, 0.29) is 5.25 Å². The highest BCUT2D eigenvalue weighted by Crippen LogP contribution is 2.23. The minimum absolute atomic E-state index is 0.303. The molecule has 0 unspecified atom stereocenters. The summed E-state index contributed by atoms with van der Waals surface area (Å²) in [6.07, 6.45) is 2.82. The Morgan fingerprint density at radius 3 is 2.83 bits per heavy atom. The average molecular weight is 350 g/mol. The molecule has 1 aliphatic heterocycles. The molecule has 2 atom stereocenters. The van der Waals surface area contributed by atoms with Crippen LogP contribution in [-0.2, 0) is 16.6 Å². The van der Waals surface area contributed by atoms with Gasteiger partial charge in [0.1, 0.15) is 0 Å². The van der Waals surface area contributed by atoms with Crippen molar-refractivity contribution in [3.63, 3.8) is 0 Å². The van der Waals surface area contributed by atoms with Crippen molar-refractivity contribution in [2.24, 2.45) is 5.92 Å². The quantitative estimate of drug-likeness (QED) is 0.872. The molecule has 2 aromatic rings. The third-order valence-electron chi connectivity index (χ3n) is 5.06. The summed E-state index contributed by atoms with van der Waals surface area (Å²) in [6, 6.07) is 8.74. The maximum absolute atomic E-state index is 12.3. The molecule has 0 aliphatic carbocycles. The molecule has 132 valence electrons. The van der Waals surface area contributed by atoms with E-state index >= 15 is 0 Å². The molecule has 1 aromatic heterocycles. The fourth-order valence-corrected chi connectivity index (χ4v) is 4.88. The zero-order chi connectivity index (χ0) is 17.3. The van der Waals surface area contributed by atoms with Gasteiger partial charge in [0.2, 0.25) is 10.0 Å². The monoisotopic (exact) mass is 349 g/mol. The number of H-pyrrole nitrogens is 1. The van der Waals surface area contributed by atoms with Crippen molar-refractivity contribution in [3.05, 3.63) is 36.0 Å². The molecule has 0 bridgehead atoms. The van der Waals surface area contributed by atoms with Crippen LogP contribution in [0.15, 0.2) is 30.5 Å². The van der Waals surface area contributed by atoms with Crippen LogP contribution < -0.4 is 5.32 Å². The van der Waals surface area contributed by atoms with Crippen LogP contribution in [0.1, 0.15) is 32.8 Å². The molecule has 24 heavy (non-hydrogen) atoms. The number of hydrogen-bond donors (Lipinski definition) is 2. The Bertz CT molecular complexity index is 797. The van der Waals surface area contributed by atoms with E-state index in [1.54, 1.807) is 18.2 Å². The predicted molar refractivity (Wildman–Crippen MR) is 98.3 cm³/mol. The van der Waals surface area contributed by atoms with Gasteiger partial charge in [-0.2, -0.15) is 0 Å². The summed E-state index contributed by atoms with van der Waals surface area (Å²) in [5.41, 5.74) is 2.43. The molecule has 1 aromatic carbocycles. The fraction of sp³-hybridized carbons (Fsp3) is 0.556. The highest BCUT2D eigenvalue weighted by Gasteiger charge is 2.33. The van der Waals surface area contributed by atoms with Gasteiger partial charge in [0, 0.05) is 42.8 Å². The molecule has 3 rings (SSSR count). The number of nitrogens with zero attached hydrogens (tertiary/aromatic N) is 1. The molecule has 2 N–H and O–H groups in total. The zero-order valence-electron chi connectivity index (χ0n) is 14.6. The second-order valence-electron chi connectivity index (χ2n) is 7.06. The summed E-state index contributed by atoms with van der Waals surface area (Å²) in [5, 5.41) is 4.54. The SMILES string of the molecule is CC(C)S(=O)(=O)N1CC[C@H](NCc2cccc3[nH]ccc23)[C@H](C)C1. The van der Waals surface area contributed by atoms with Crippen LogP contribution >= 0.6 is 0 Å². The number of sulfonamides is 1. The van der Waals surface area contributed by atoms with Crippen molar-refractivity contribution < 1.29 is 8.42 Å². The Morgan fingerprint density at radius 1 is 1.33 bits per heavy atom. The van der Waals surface area contributed by atoms with E-state index in [0.717, 1.165) is 18.5 Å². The van der Waals surface area contributed by atoms with Crippen molar-refractivity contribution in [1.29, 1.82) is 0 Å². The number of fused-ring (bicyclic) bond motifs is 1. The topological polar surface area (TPSA) is 65.2 Å². The van der Waals surface area contributed by atoms with E-state index in [4.69, 9.17) is 0 Å². The summed E-state index contributed by atoms with van der Waals surface area (Å²) in [7, 11) is -3.14. The highest BCUT2D eigenvalue weighted by atomic mass is 32.2. The van der Waals surface area contributed by atoms with Gasteiger partial charge in [-0.3, -0.25) is 0 Å². The van der Waals surface area contributed by atoms with Gasteiger partial charge in [-0.25, -0.2) is 12.7 Å². The third kappa shape index (κ3) is 3.36. The first-order valence-corrected chi connectivity index (χ1v) is 10.2. The number of aromatic amines is 1. The normalized spacial score (nSPS) is 23.2. The fourth-order valence-electron chi connectivity index (χ4n) is 3.49. The van der Waals surface area contributed by atoms with Crippen molar-refractivity contribution in [2.45, 2.75) is 45.0 Å². The standard InChI is InChI=1S/C18H27N3O2S/c1-13(2)24(22,23)21-10-8-17(14(3)12-21)20-11-15-5-4-6-18-16(15)7-9-19-18/h4-7,9,13-14,17,19-20H,8,10-12H2,1-3H3/t14-,17+/m1/s1. The molecule has 1 aliphatic rings. The molecule has 2 heterocycles. The molecule has 0 saturated carbocycles. The molecule has 6 heteroatoms. The van der Waals surface area contributed by atoms with Crippen LogP contribution in [0.2, 0.25) is 0 Å². The number of rotatable bonds is 5. The van der Waals surface area contributed by atoms with Crippen LogP contribution in [0.5, 0.6) is 0 Å². The molecule has 5 nitrogen and oxygen atoms in total. The molecule has 0 radical (unpaired) electrons. The minimum Gasteiger partial charge on any atom is -0.361 e. The molecule has 1 fully saturated rings. The minimum atomic E-state index is -3.14. The van der Waals surface area contributed by atoms with Crippen LogP contribution in [-0.4, -0.2) is 42.1 Å². The molecule has 0 amide bonds. The lowest BCUT2D eigenvalue weighted by molar-refractivity contribution is 0.218. The number of hydrogen-bond acceptors (Lipinski definition) is 3. The van der Waals surface area contributed by atoms with Crippen molar-refractivity contribution in [2.75, 3.05) is 13.1 Å². The lowest BCUT2D eigenvalue weighted by Gasteiger charge is -2.37. The van der Waals surface area contributed by atoms with E-state index in [1.807, 2.05) is 6.20 Å². The Labute approximate surface area is 144 Å².